The first-order valence-electron chi connectivity index (χ1n) is 8.89. The summed E-state index contributed by atoms with van der Waals surface area (Å²) >= 11 is 0. The lowest BCUT2D eigenvalue weighted by Crippen LogP contribution is -2.46. The second-order valence-corrected chi connectivity index (χ2v) is 6.78. The number of likely N-dealkylation sites (tertiary alicyclic amines) is 1. The number of carbonyl (C=O) groups is 2. The van der Waals surface area contributed by atoms with Crippen molar-refractivity contribution in [2.24, 2.45) is 5.92 Å². The van der Waals surface area contributed by atoms with Crippen molar-refractivity contribution < 1.29 is 24.2 Å². The molecule has 0 spiro atoms. The van der Waals surface area contributed by atoms with Gasteiger partial charge in [-0.1, -0.05) is 12.8 Å². The first-order chi connectivity index (χ1) is 12.1. The van der Waals surface area contributed by atoms with E-state index >= 15 is 0 Å². The number of hydrogen-bond acceptors (Lipinski definition) is 4. The van der Waals surface area contributed by atoms with Crippen LogP contribution in [0.1, 0.15) is 42.5 Å². The molecule has 1 aliphatic heterocycles. The van der Waals surface area contributed by atoms with Gasteiger partial charge in [0.1, 0.15) is 18.4 Å². The van der Waals surface area contributed by atoms with Crippen molar-refractivity contribution in [2.75, 3.05) is 20.3 Å². The summed E-state index contributed by atoms with van der Waals surface area (Å²) in [5, 5.41) is 9.57. The molecule has 25 heavy (non-hydrogen) atoms. The molecule has 1 aliphatic carbocycles. The lowest BCUT2D eigenvalue weighted by molar-refractivity contribution is -0.141. The number of carboxylic acids is 1. The van der Waals surface area contributed by atoms with E-state index in [4.69, 9.17) is 9.47 Å². The number of aliphatic carboxylic acids is 1. The zero-order valence-electron chi connectivity index (χ0n) is 14.5. The number of benzene rings is 1. The number of ether oxygens (including phenoxy) is 2. The van der Waals surface area contributed by atoms with Crippen LogP contribution in [0.4, 0.5) is 0 Å². The van der Waals surface area contributed by atoms with Gasteiger partial charge in [0, 0.05) is 18.7 Å². The second-order valence-electron chi connectivity index (χ2n) is 6.78. The quantitative estimate of drug-likeness (QED) is 0.801. The summed E-state index contributed by atoms with van der Waals surface area (Å²) in [5.74, 6) is -0.108. The number of hydrogen-bond donors (Lipinski definition) is 1. The van der Waals surface area contributed by atoms with Crippen molar-refractivity contribution in [2.45, 2.75) is 44.2 Å². The lowest BCUT2D eigenvalue weighted by atomic mass is 9.84. The van der Waals surface area contributed by atoms with E-state index in [2.05, 4.69) is 0 Å². The predicted octanol–water partition coefficient (Wildman–Crippen LogP) is 2.57. The molecule has 6 heteroatoms. The third-order valence-electron chi connectivity index (χ3n) is 5.27. The van der Waals surface area contributed by atoms with Crippen molar-refractivity contribution in [1.29, 1.82) is 0 Å². The van der Waals surface area contributed by atoms with Crippen LogP contribution >= 0.6 is 0 Å². The highest BCUT2D eigenvalue weighted by Crippen LogP contribution is 2.40. The van der Waals surface area contributed by atoms with Gasteiger partial charge in [-0.05, 0) is 49.4 Å². The van der Waals surface area contributed by atoms with Crippen LogP contribution in [-0.4, -0.2) is 54.3 Å². The Morgan fingerprint density at radius 1 is 1.16 bits per heavy atom. The molecule has 0 bridgehead atoms. The molecular weight excluding hydrogens is 322 g/mol. The van der Waals surface area contributed by atoms with Crippen molar-refractivity contribution in [3.63, 3.8) is 0 Å². The molecule has 1 saturated heterocycles. The summed E-state index contributed by atoms with van der Waals surface area (Å²) in [7, 11) is 1.61. The first kappa shape index (κ1) is 17.7. The molecule has 1 saturated carbocycles. The van der Waals surface area contributed by atoms with Gasteiger partial charge < -0.3 is 19.5 Å². The van der Waals surface area contributed by atoms with Gasteiger partial charge in [0.25, 0.3) is 5.91 Å². The summed E-state index contributed by atoms with van der Waals surface area (Å²) in [6, 6.07) is 6.25. The molecule has 0 unspecified atom stereocenters. The Labute approximate surface area is 147 Å². The molecular formula is C19H25NO5. The van der Waals surface area contributed by atoms with E-state index in [0.717, 1.165) is 25.7 Å². The fourth-order valence-electron chi connectivity index (χ4n) is 4.06. The topological polar surface area (TPSA) is 76.1 Å². The molecule has 1 amide bonds. The molecule has 1 aromatic rings. The first-order valence-corrected chi connectivity index (χ1v) is 8.89. The molecule has 0 aromatic heterocycles. The van der Waals surface area contributed by atoms with Gasteiger partial charge in [-0.2, -0.15) is 0 Å². The van der Waals surface area contributed by atoms with E-state index < -0.39 is 12.0 Å². The van der Waals surface area contributed by atoms with Crippen LogP contribution in [-0.2, 0) is 9.53 Å². The minimum Gasteiger partial charge on any atom is -0.491 e. The van der Waals surface area contributed by atoms with Crippen LogP contribution in [0.3, 0.4) is 0 Å². The average molecular weight is 347 g/mol. The zero-order chi connectivity index (χ0) is 17.8. The molecule has 1 aromatic carbocycles. The monoisotopic (exact) mass is 347 g/mol. The largest absolute Gasteiger partial charge is 0.491 e. The summed E-state index contributed by atoms with van der Waals surface area (Å²) in [5.41, 5.74) is 0.511. The number of amides is 1. The summed E-state index contributed by atoms with van der Waals surface area (Å²) in [4.78, 5) is 26.3. The van der Waals surface area contributed by atoms with Crippen LogP contribution in [0, 0.1) is 5.92 Å². The van der Waals surface area contributed by atoms with Gasteiger partial charge in [0.15, 0.2) is 0 Å². The van der Waals surface area contributed by atoms with E-state index in [-0.39, 0.29) is 11.9 Å². The Morgan fingerprint density at radius 3 is 2.56 bits per heavy atom. The Bertz CT molecular complexity index is 615. The number of nitrogens with zero attached hydrogens (tertiary/aromatic N) is 1. The van der Waals surface area contributed by atoms with Crippen LogP contribution in [0.15, 0.2) is 24.3 Å². The van der Waals surface area contributed by atoms with E-state index in [1.165, 1.54) is 0 Å². The van der Waals surface area contributed by atoms with Crippen molar-refractivity contribution in [3.8, 4) is 5.75 Å². The molecule has 2 fully saturated rings. The third kappa shape index (κ3) is 3.79. The van der Waals surface area contributed by atoms with Crippen LogP contribution in [0.25, 0.3) is 0 Å². The third-order valence-corrected chi connectivity index (χ3v) is 5.27. The molecule has 2 aliphatic rings. The summed E-state index contributed by atoms with van der Waals surface area (Å²) < 4.78 is 10.4. The number of fused-ring (bicyclic) bond motifs is 1. The van der Waals surface area contributed by atoms with Gasteiger partial charge in [0.2, 0.25) is 0 Å². The van der Waals surface area contributed by atoms with Crippen LogP contribution in [0.5, 0.6) is 5.75 Å². The Hall–Kier alpha value is -2.08. The van der Waals surface area contributed by atoms with Gasteiger partial charge in [0.05, 0.1) is 6.61 Å². The maximum absolute atomic E-state index is 13.0. The maximum Gasteiger partial charge on any atom is 0.326 e. The minimum absolute atomic E-state index is 0.0555. The highest BCUT2D eigenvalue weighted by atomic mass is 16.5. The number of carbonyl (C=O) groups excluding carboxylic acids is 1. The van der Waals surface area contributed by atoms with Crippen LogP contribution < -0.4 is 4.74 Å². The molecule has 1 heterocycles. The van der Waals surface area contributed by atoms with Crippen molar-refractivity contribution in [1.82, 2.24) is 4.90 Å². The van der Waals surface area contributed by atoms with E-state index in [1.807, 2.05) is 0 Å². The van der Waals surface area contributed by atoms with E-state index in [1.54, 1.807) is 36.3 Å². The highest BCUT2D eigenvalue weighted by Gasteiger charge is 2.47. The molecule has 6 nitrogen and oxygen atoms in total. The van der Waals surface area contributed by atoms with E-state index in [9.17, 15) is 14.7 Å². The van der Waals surface area contributed by atoms with Crippen LogP contribution in [0.2, 0.25) is 0 Å². The fourth-order valence-corrected chi connectivity index (χ4v) is 4.06. The lowest BCUT2D eigenvalue weighted by Gasteiger charge is -2.33. The van der Waals surface area contributed by atoms with E-state index in [0.29, 0.717) is 36.9 Å². The predicted molar refractivity (Wildman–Crippen MR) is 91.8 cm³/mol. The smallest absolute Gasteiger partial charge is 0.326 e. The Kier molecular flexibility index (Phi) is 5.58. The van der Waals surface area contributed by atoms with Gasteiger partial charge in [-0.15, -0.1) is 0 Å². The van der Waals surface area contributed by atoms with Gasteiger partial charge >= 0.3 is 5.97 Å². The Balaban J connectivity index is 1.74. The summed E-state index contributed by atoms with van der Waals surface area (Å²) in [6.45, 7) is 0.943. The summed E-state index contributed by atoms with van der Waals surface area (Å²) in [6.07, 6.45) is 4.68. The normalized spacial score (nSPS) is 25.5. The molecule has 3 rings (SSSR count). The number of rotatable bonds is 6. The minimum atomic E-state index is -0.901. The number of methoxy groups -OCH3 is 1. The van der Waals surface area contributed by atoms with Gasteiger partial charge in [-0.25, -0.2) is 4.79 Å². The standard InChI is InChI=1S/C19H25NO5/c1-24-10-11-25-15-8-6-13(7-9-15)18(21)20-16-5-3-2-4-14(16)12-17(20)19(22)23/h6-9,14,16-17H,2-5,10-12H2,1H3,(H,22,23)/t14-,16+,17-/m0/s1. The fraction of sp³-hybridized carbons (Fsp3) is 0.579. The molecule has 136 valence electrons. The second kappa shape index (κ2) is 7.87. The number of carboxylic acid groups (broad SMARTS) is 1. The van der Waals surface area contributed by atoms with Crippen molar-refractivity contribution in [3.05, 3.63) is 29.8 Å². The highest BCUT2D eigenvalue weighted by molar-refractivity contribution is 5.97. The molecule has 1 N–H and O–H groups in total. The Morgan fingerprint density at radius 2 is 1.88 bits per heavy atom. The van der Waals surface area contributed by atoms with Crippen molar-refractivity contribution >= 4 is 11.9 Å². The molecule has 3 atom stereocenters. The average Bonchev–Trinajstić information content (AvgIpc) is 3.02. The maximum atomic E-state index is 13.0. The zero-order valence-corrected chi connectivity index (χ0v) is 14.5. The SMILES string of the molecule is COCCOc1ccc(C(=O)N2[C@@H]3CCCC[C@H]3C[C@H]2C(=O)O)cc1. The molecule has 0 radical (unpaired) electrons. The van der Waals surface area contributed by atoms with Gasteiger partial charge in [-0.3, -0.25) is 4.79 Å².